The van der Waals surface area contributed by atoms with Crippen LogP contribution in [0.3, 0.4) is 0 Å². The molecule has 1 aliphatic carbocycles. The van der Waals surface area contributed by atoms with Gasteiger partial charge in [-0.2, -0.15) is 20.5 Å². The first kappa shape index (κ1) is 11.1. The molecule has 0 spiro atoms. The number of nitriles is 2. The minimum Gasteiger partial charge on any atom is -0.173 e. The average Bonchev–Trinajstić information content (AvgIpc) is 2.34. The van der Waals surface area contributed by atoms with Crippen molar-refractivity contribution in [2.45, 2.75) is 0 Å². The number of hydrogen-bond donors (Lipinski definition) is 0. The van der Waals surface area contributed by atoms with Gasteiger partial charge in [-0.15, -0.1) is 0 Å². The van der Waals surface area contributed by atoms with Crippen molar-refractivity contribution in [2.75, 3.05) is 0 Å². The zero-order valence-electron chi connectivity index (χ0n) is 8.55. The highest BCUT2D eigenvalue weighted by Gasteiger charge is 2.21. The molecule has 5 heteroatoms. The molecule has 0 saturated heterocycles. The Bertz CT molecular complexity index is 641. The van der Waals surface area contributed by atoms with Crippen LogP contribution < -0.4 is 0 Å². The van der Waals surface area contributed by atoms with Crippen LogP contribution >= 0.6 is 11.6 Å². The zero-order chi connectivity index (χ0) is 12.3. The van der Waals surface area contributed by atoms with Crippen molar-refractivity contribution >= 4 is 23.0 Å². The van der Waals surface area contributed by atoms with E-state index in [1.807, 2.05) is 12.1 Å². The van der Waals surface area contributed by atoms with Gasteiger partial charge in [-0.3, -0.25) is 0 Å². The van der Waals surface area contributed by atoms with E-state index in [0.717, 1.165) is 5.56 Å². The highest BCUT2D eigenvalue weighted by Crippen LogP contribution is 2.24. The normalized spacial score (nSPS) is 18.2. The van der Waals surface area contributed by atoms with E-state index < -0.39 is 0 Å². The molecule has 0 aliphatic heterocycles. The number of hydrogen-bond acceptors (Lipinski definition) is 4. The highest BCUT2D eigenvalue weighted by molar-refractivity contribution is 6.50. The summed E-state index contributed by atoms with van der Waals surface area (Å²) in [6.45, 7) is 0. The molecule has 1 aliphatic rings. The van der Waals surface area contributed by atoms with Gasteiger partial charge < -0.3 is 0 Å². The van der Waals surface area contributed by atoms with Crippen LogP contribution in [0.5, 0.6) is 0 Å². The Morgan fingerprint density at radius 1 is 1.00 bits per heavy atom. The van der Waals surface area contributed by atoms with Gasteiger partial charge in [-0.1, -0.05) is 35.9 Å². The summed E-state index contributed by atoms with van der Waals surface area (Å²) < 4.78 is 0. The van der Waals surface area contributed by atoms with Gasteiger partial charge in [0, 0.05) is 11.1 Å². The molecule has 0 atom stereocenters. The first-order valence-corrected chi connectivity index (χ1v) is 5.06. The van der Waals surface area contributed by atoms with Gasteiger partial charge in [-0.05, 0) is 6.08 Å². The minimum absolute atomic E-state index is 0.305. The van der Waals surface area contributed by atoms with E-state index in [2.05, 4.69) is 9.98 Å². The van der Waals surface area contributed by atoms with E-state index in [1.165, 1.54) is 6.08 Å². The van der Waals surface area contributed by atoms with Crippen LogP contribution in [0, 0.1) is 22.9 Å². The Labute approximate surface area is 103 Å². The fourth-order valence-electron chi connectivity index (χ4n) is 1.62. The summed E-state index contributed by atoms with van der Waals surface area (Å²) in [4.78, 5) is 7.38. The summed E-state index contributed by atoms with van der Waals surface area (Å²) in [5.41, 5.74) is 2.33. The van der Waals surface area contributed by atoms with E-state index in [-0.39, 0.29) is 0 Å². The zero-order valence-corrected chi connectivity index (χ0v) is 9.31. The molecular weight excluding hydrogens is 236 g/mol. The third kappa shape index (κ3) is 1.94. The summed E-state index contributed by atoms with van der Waals surface area (Å²) in [6.07, 6.45) is 4.97. The molecule has 0 fully saturated rings. The van der Waals surface area contributed by atoms with Crippen LogP contribution in [0.15, 0.2) is 45.4 Å². The van der Waals surface area contributed by atoms with Crippen LogP contribution in [0.2, 0.25) is 0 Å². The SMILES string of the molecule is N#CN=C1C=C(Cl)C(=NC#N)c2ccccc21. The molecule has 17 heavy (non-hydrogen) atoms. The second-order valence-electron chi connectivity index (χ2n) is 3.20. The van der Waals surface area contributed by atoms with Gasteiger partial charge in [0.1, 0.15) is 5.71 Å². The monoisotopic (exact) mass is 240 g/mol. The quantitative estimate of drug-likeness (QED) is 0.653. The number of allylic oxidation sites excluding steroid dienone is 2. The van der Waals surface area contributed by atoms with Crippen molar-refractivity contribution in [1.29, 1.82) is 10.5 Å². The number of halogens is 1. The maximum atomic E-state index is 8.63. The van der Waals surface area contributed by atoms with Crippen LogP contribution in [0.4, 0.5) is 0 Å². The maximum Gasteiger partial charge on any atom is 0.206 e. The predicted octanol–water partition coefficient (Wildman–Crippen LogP) is 2.36. The second-order valence-corrected chi connectivity index (χ2v) is 3.60. The third-order valence-corrected chi connectivity index (χ3v) is 2.57. The highest BCUT2D eigenvalue weighted by atomic mass is 35.5. The summed E-state index contributed by atoms with van der Waals surface area (Å²) in [5.74, 6) is 0. The van der Waals surface area contributed by atoms with E-state index in [0.29, 0.717) is 22.0 Å². The van der Waals surface area contributed by atoms with Crippen molar-refractivity contribution in [3.63, 3.8) is 0 Å². The average molecular weight is 241 g/mol. The van der Waals surface area contributed by atoms with Crippen LogP contribution in [-0.2, 0) is 0 Å². The smallest absolute Gasteiger partial charge is 0.173 e. The van der Waals surface area contributed by atoms with Gasteiger partial charge in [0.2, 0.25) is 12.4 Å². The fourth-order valence-corrected chi connectivity index (χ4v) is 1.87. The molecule has 0 heterocycles. The number of nitrogens with zero attached hydrogens (tertiary/aromatic N) is 4. The predicted molar refractivity (Wildman–Crippen MR) is 64.7 cm³/mol. The number of benzene rings is 1. The molecule has 0 amide bonds. The Hall–Kier alpha value is -2.43. The summed E-state index contributed by atoms with van der Waals surface area (Å²) in [5, 5.41) is 17.5. The molecular formula is C12H5ClN4. The van der Waals surface area contributed by atoms with Gasteiger partial charge in [-0.25, -0.2) is 0 Å². The molecule has 1 aromatic rings. The second kappa shape index (κ2) is 4.61. The minimum atomic E-state index is 0.305. The summed E-state index contributed by atoms with van der Waals surface area (Å²) >= 11 is 6.01. The van der Waals surface area contributed by atoms with E-state index in [4.69, 9.17) is 22.1 Å². The molecule has 0 bridgehead atoms. The summed E-state index contributed by atoms with van der Waals surface area (Å²) in [7, 11) is 0. The Balaban J connectivity index is 2.73. The topological polar surface area (TPSA) is 72.3 Å². The molecule has 0 saturated carbocycles. The first-order chi connectivity index (χ1) is 8.27. The molecule has 2 rings (SSSR count). The van der Waals surface area contributed by atoms with Crippen molar-refractivity contribution in [3.8, 4) is 12.4 Å². The van der Waals surface area contributed by atoms with E-state index >= 15 is 0 Å². The molecule has 0 radical (unpaired) electrons. The maximum absolute atomic E-state index is 8.63. The van der Waals surface area contributed by atoms with Crippen LogP contribution in [-0.4, -0.2) is 11.4 Å². The van der Waals surface area contributed by atoms with Gasteiger partial charge in [0.15, 0.2) is 0 Å². The molecule has 4 nitrogen and oxygen atoms in total. The molecule has 0 aromatic heterocycles. The van der Waals surface area contributed by atoms with E-state index in [9.17, 15) is 0 Å². The first-order valence-electron chi connectivity index (χ1n) is 4.69. The Morgan fingerprint density at radius 2 is 1.65 bits per heavy atom. The van der Waals surface area contributed by atoms with Crippen molar-refractivity contribution in [1.82, 2.24) is 0 Å². The number of fused-ring (bicyclic) bond motifs is 1. The lowest BCUT2D eigenvalue weighted by molar-refractivity contribution is 1.41. The molecule has 1 aromatic carbocycles. The Kier molecular flexibility index (Phi) is 3.00. The lowest BCUT2D eigenvalue weighted by atomic mass is 9.93. The van der Waals surface area contributed by atoms with Crippen LogP contribution in [0.1, 0.15) is 11.1 Å². The fraction of sp³-hybridized carbons (Fsp3) is 0. The third-order valence-electron chi connectivity index (χ3n) is 2.28. The number of rotatable bonds is 0. The van der Waals surface area contributed by atoms with Crippen molar-refractivity contribution < 1.29 is 0 Å². The standard InChI is InChI=1S/C12H5ClN4/c13-10-5-11(16-6-14)8-3-1-2-4-9(8)12(10)17-7-15/h1-5H. The van der Waals surface area contributed by atoms with Gasteiger partial charge in [0.05, 0.1) is 10.7 Å². The van der Waals surface area contributed by atoms with Gasteiger partial charge in [0.25, 0.3) is 0 Å². The lowest BCUT2D eigenvalue weighted by Crippen LogP contribution is -2.15. The van der Waals surface area contributed by atoms with Gasteiger partial charge >= 0.3 is 0 Å². The van der Waals surface area contributed by atoms with Crippen LogP contribution in [0.25, 0.3) is 0 Å². The van der Waals surface area contributed by atoms with Crippen molar-refractivity contribution in [2.24, 2.45) is 9.98 Å². The Morgan fingerprint density at radius 3 is 2.29 bits per heavy atom. The van der Waals surface area contributed by atoms with E-state index in [1.54, 1.807) is 24.5 Å². The molecule has 0 N–H and O–H groups in total. The number of aliphatic imine (C=N–C) groups is 2. The largest absolute Gasteiger partial charge is 0.206 e. The lowest BCUT2D eigenvalue weighted by Gasteiger charge is -2.15. The molecule has 0 unspecified atom stereocenters. The van der Waals surface area contributed by atoms with Crippen molar-refractivity contribution in [3.05, 3.63) is 46.5 Å². The summed E-state index contributed by atoms with van der Waals surface area (Å²) in [6, 6.07) is 7.22. The molecule has 80 valence electrons.